The molecule has 7 rings (SSSR count). The third kappa shape index (κ3) is 4.14. The molecular weight excluding hydrogens is 522 g/mol. The number of nitrogens with one attached hydrogen (secondary N) is 3. The van der Waals surface area contributed by atoms with E-state index in [0.29, 0.717) is 28.5 Å². The van der Waals surface area contributed by atoms with Gasteiger partial charge in [-0.25, -0.2) is 0 Å². The van der Waals surface area contributed by atoms with Crippen molar-refractivity contribution < 1.29 is 20.4 Å². The molecule has 3 aliphatic rings. The molecule has 0 aliphatic carbocycles. The molecule has 4 aromatic rings. The lowest BCUT2D eigenvalue weighted by Gasteiger charge is -2.14. The summed E-state index contributed by atoms with van der Waals surface area (Å²) in [6.07, 6.45) is -0.946. The van der Waals surface area contributed by atoms with Gasteiger partial charge in [0.1, 0.15) is 24.4 Å². The molecule has 4 unspecified atom stereocenters. The average Bonchev–Trinajstić information content (AvgIpc) is 3.74. The van der Waals surface area contributed by atoms with E-state index in [1.165, 1.54) is 11.3 Å². The Morgan fingerprint density at radius 1 is 0.550 bits per heavy atom. The van der Waals surface area contributed by atoms with Crippen LogP contribution in [-0.2, 0) is 0 Å². The molecule has 4 atom stereocenters. The Morgan fingerprint density at radius 2 is 1.12 bits per heavy atom. The van der Waals surface area contributed by atoms with Crippen molar-refractivity contribution >= 4 is 34.6 Å². The molecule has 8 bridgehead atoms. The summed E-state index contributed by atoms with van der Waals surface area (Å²) in [6, 6.07) is 27.1. The fourth-order valence-electron chi connectivity index (χ4n) is 5.55. The highest BCUT2D eigenvalue weighted by molar-refractivity contribution is 7.14. The number of benzene rings is 2. The van der Waals surface area contributed by atoms with Gasteiger partial charge in [-0.3, -0.25) is 0 Å². The number of thiophene rings is 1. The minimum absolute atomic E-state index is 0.471. The average molecular weight is 550 g/mol. The first-order valence-electron chi connectivity index (χ1n) is 13.1. The van der Waals surface area contributed by atoms with Crippen LogP contribution >= 0.6 is 11.3 Å². The van der Waals surface area contributed by atoms with Gasteiger partial charge >= 0.3 is 0 Å². The molecule has 3 aliphatic heterocycles. The zero-order valence-corrected chi connectivity index (χ0v) is 22.1. The number of aliphatic hydroxyl groups is 4. The summed E-state index contributed by atoms with van der Waals surface area (Å²) in [5.74, 6) is 0. The highest BCUT2D eigenvalue weighted by Crippen LogP contribution is 2.39. The van der Waals surface area contributed by atoms with E-state index in [2.05, 4.69) is 15.6 Å². The first-order chi connectivity index (χ1) is 19.5. The van der Waals surface area contributed by atoms with E-state index in [0.717, 1.165) is 37.7 Å². The number of rotatable bonds is 2. The van der Waals surface area contributed by atoms with Crippen molar-refractivity contribution in [2.24, 2.45) is 0 Å². The van der Waals surface area contributed by atoms with Crippen LogP contribution in [0.5, 0.6) is 0 Å². The lowest BCUT2D eigenvalue weighted by Crippen LogP contribution is -2.22. The molecule has 0 saturated carbocycles. The smallest absolute Gasteiger partial charge is 0.126 e. The Hall–Kier alpha value is -4.18. The second kappa shape index (κ2) is 9.78. The lowest BCUT2D eigenvalue weighted by atomic mass is 9.98. The van der Waals surface area contributed by atoms with Gasteiger partial charge in [-0.1, -0.05) is 60.7 Å². The summed E-state index contributed by atoms with van der Waals surface area (Å²) >= 11 is 1.49. The summed E-state index contributed by atoms with van der Waals surface area (Å²) < 4.78 is 0. The van der Waals surface area contributed by atoms with E-state index in [-0.39, 0.29) is 0 Å². The van der Waals surface area contributed by atoms with Gasteiger partial charge in [-0.15, -0.1) is 11.3 Å². The van der Waals surface area contributed by atoms with Gasteiger partial charge in [0.2, 0.25) is 0 Å². The van der Waals surface area contributed by atoms with Crippen LogP contribution in [0.1, 0.15) is 32.3 Å². The summed E-state index contributed by atoms with van der Waals surface area (Å²) in [5.41, 5.74) is 6.69. The molecule has 8 heteroatoms. The number of fused-ring (bicyclic) bond motifs is 8. The number of aromatic nitrogens is 1. The summed E-state index contributed by atoms with van der Waals surface area (Å²) in [7, 11) is 0. The van der Waals surface area contributed by atoms with Gasteiger partial charge in [-0.05, 0) is 47.5 Å². The molecule has 2 aromatic heterocycles. The highest BCUT2D eigenvalue weighted by atomic mass is 32.1. The standard InChI is InChI=1S/C32H27N3O4S/c36-29-22-15-19-11-13-21(33-19)25(17-7-3-1-4-8-17)27-31(38)30(37)23(35-27)16-20-12-14-24(40-20)26(28(34-22)32(29)39)18-9-5-2-6-10-18/h1-16,29-39H. The fraction of sp³-hybridized carbons (Fsp3) is 0.125. The van der Waals surface area contributed by atoms with Crippen LogP contribution in [0.2, 0.25) is 0 Å². The SMILES string of the molecule is OC1C2=Cc3ccc(s3)C(c3ccccc3)=C3NC(=Cc4ccc([nH]4)C(c4ccccc4)=C(N2)C1O)C(O)C3O. The van der Waals surface area contributed by atoms with Crippen LogP contribution in [0.25, 0.3) is 23.3 Å². The molecule has 40 heavy (non-hydrogen) atoms. The fourth-order valence-corrected chi connectivity index (χ4v) is 6.59. The van der Waals surface area contributed by atoms with Gasteiger partial charge in [-0.2, -0.15) is 0 Å². The first-order valence-corrected chi connectivity index (χ1v) is 13.9. The maximum Gasteiger partial charge on any atom is 0.126 e. The number of hydrogen-bond donors (Lipinski definition) is 7. The quantitative estimate of drug-likeness (QED) is 0.205. The molecule has 0 amide bonds. The first kappa shape index (κ1) is 24.8. The Labute approximate surface area is 234 Å². The molecule has 2 saturated heterocycles. The normalized spacial score (nSPS) is 24.0. The summed E-state index contributed by atoms with van der Waals surface area (Å²) in [6.45, 7) is 0. The van der Waals surface area contributed by atoms with Gasteiger partial charge in [0.15, 0.2) is 0 Å². The van der Waals surface area contributed by atoms with Crippen LogP contribution in [0.3, 0.4) is 0 Å². The predicted octanol–water partition coefficient (Wildman–Crippen LogP) is 3.64. The highest BCUT2D eigenvalue weighted by Gasteiger charge is 2.37. The zero-order valence-electron chi connectivity index (χ0n) is 21.2. The second-order valence-electron chi connectivity index (χ2n) is 10.1. The minimum Gasteiger partial charge on any atom is -0.384 e. The summed E-state index contributed by atoms with van der Waals surface area (Å²) in [5, 5.41) is 51.2. The maximum absolute atomic E-state index is 11.2. The van der Waals surface area contributed by atoms with Crippen molar-refractivity contribution in [3.05, 3.63) is 140 Å². The Kier molecular flexibility index (Phi) is 6.07. The Balaban J connectivity index is 1.48. The number of hydrogen-bond acceptors (Lipinski definition) is 7. The van der Waals surface area contributed by atoms with Crippen molar-refractivity contribution in [1.29, 1.82) is 0 Å². The molecular formula is C32H27N3O4S. The molecule has 7 nitrogen and oxygen atoms in total. The van der Waals surface area contributed by atoms with Crippen molar-refractivity contribution in [3.63, 3.8) is 0 Å². The Bertz CT molecular complexity index is 1590. The van der Waals surface area contributed by atoms with E-state index in [1.807, 2.05) is 91.0 Å². The molecule has 2 fully saturated rings. The third-order valence-corrected chi connectivity index (χ3v) is 8.56. The second-order valence-corrected chi connectivity index (χ2v) is 11.2. The molecule has 2 aromatic carbocycles. The maximum atomic E-state index is 11.2. The molecule has 7 N–H and O–H groups in total. The number of aliphatic hydroxyl groups excluding tert-OH is 4. The van der Waals surface area contributed by atoms with Crippen molar-refractivity contribution in [2.75, 3.05) is 0 Å². The van der Waals surface area contributed by atoms with Gasteiger partial charge < -0.3 is 36.0 Å². The van der Waals surface area contributed by atoms with Crippen LogP contribution in [0.4, 0.5) is 0 Å². The van der Waals surface area contributed by atoms with Crippen LogP contribution in [0.15, 0.2) is 108 Å². The molecule has 5 heterocycles. The number of H-pyrrole nitrogens is 1. The van der Waals surface area contributed by atoms with Crippen molar-refractivity contribution in [2.45, 2.75) is 24.4 Å². The molecule has 0 radical (unpaired) electrons. The van der Waals surface area contributed by atoms with E-state index in [9.17, 15) is 20.4 Å². The van der Waals surface area contributed by atoms with Crippen molar-refractivity contribution in [1.82, 2.24) is 15.6 Å². The van der Waals surface area contributed by atoms with E-state index in [4.69, 9.17) is 0 Å². The zero-order chi connectivity index (χ0) is 27.4. The number of aromatic amines is 1. The van der Waals surface area contributed by atoms with E-state index in [1.54, 1.807) is 6.08 Å². The topological polar surface area (TPSA) is 121 Å². The van der Waals surface area contributed by atoms with Crippen LogP contribution in [-0.4, -0.2) is 49.8 Å². The van der Waals surface area contributed by atoms with Crippen LogP contribution in [0, 0.1) is 0 Å². The van der Waals surface area contributed by atoms with Crippen molar-refractivity contribution in [3.8, 4) is 0 Å². The largest absolute Gasteiger partial charge is 0.384 e. The summed E-state index contributed by atoms with van der Waals surface area (Å²) in [4.78, 5) is 5.14. The monoisotopic (exact) mass is 549 g/mol. The van der Waals surface area contributed by atoms with E-state index < -0.39 is 24.4 Å². The van der Waals surface area contributed by atoms with Gasteiger partial charge in [0, 0.05) is 43.7 Å². The molecule has 200 valence electrons. The molecule has 0 spiro atoms. The third-order valence-electron chi connectivity index (χ3n) is 7.51. The lowest BCUT2D eigenvalue weighted by molar-refractivity contribution is 0.0816. The van der Waals surface area contributed by atoms with E-state index >= 15 is 0 Å². The minimum atomic E-state index is -1.15. The van der Waals surface area contributed by atoms with Gasteiger partial charge in [0.05, 0.1) is 11.4 Å². The van der Waals surface area contributed by atoms with Crippen LogP contribution < -0.4 is 10.6 Å². The Morgan fingerprint density at radius 3 is 1.77 bits per heavy atom. The predicted molar refractivity (Wildman–Crippen MR) is 156 cm³/mol. The van der Waals surface area contributed by atoms with Gasteiger partial charge in [0.25, 0.3) is 0 Å².